The van der Waals surface area contributed by atoms with Gasteiger partial charge in [0.25, 0.3) is 0 Å². The van der Waals surface area contributed by atoms with Crippen LogP contribution in [0.5, 0.6) is 0 Å². The number of hydrogen-bond acceptors (Lipinski definition) is 3. The highest BCUT2D eigenvalue weighted by Crippen LogP contribution is 2.38. The van der Waals surface area contributed by atoms with Crippen LogP contribution in [-0.4, -0.2) is 31.6 Å². The molecule has 0 aliphatic carbocycles. The minimum absolute atomic E-state index is 0.0796. The Labute approximate surface area is 86.3 Å². The molecule has 0 amide bonds. The van der Waals surface area contributed by atoms with E-state index in [2.05, 4.69) is 20.8 Å². The van der Waals surface area contributed by atoms with Crippen molar-refractivity contribution in [1.29, 1.82) is 5.41 Å². The minimum atomic E-state index is -0.210. The fourth-order valence-corrected chi connectivity index (χ4v) is 1.94. The summed E-state index contributed by atoms with van der Waals surface area (Å²) in [6.07, 6.45) is 3.18. The molecule has 0 spiro atoms. The first-order valence-electron chi connectivity index (χ1n) is 5.09. The molecule has 1 heterocycles. The van der Waals surface area contributed by atoms with Crippen LogP contribution in [0.2, 0.25) is 0 Å². The molecule has 82 valence electrons. The Bertz CT molecular complexity index is 215. The lowest BCUT2D eigenvalue weighted by Crippen LogP contribution is -2.50. The third-order valence-corrected chi connectivity index (χ3v) is 3.10. The van der Waals surface area contributed by atoms with Gasteiger partial charge in [-0.05, 0) is 13.1 Å². The summed E-state index contributed by atoms with van der Waals surface area (Å²) < 4.78 is 11.3. The van der Waals surface area contributed by atoms with Crippen LogP contribution in [-0.2, 0) is 9.47 Å². The zero-order valence-corrected chi connectivity index (χ0v) is 9.59. The maximum atomic E-state index is 7.14. The number of hydrogen-bond donors (Lipinski definition) is 1. The fourth-order valence-electron chi connectivity index (χ4n) is 1.94. The Morgan fingerprint density at radius 2 is 2.14 bits per heavy atom. The molecule has 1 rings (SSSR count). The number of nitrogens with one attached hydrogen (secondary N) is 1. The molecular weight excluding hydrogens is 178 g/mol. The first-order valence-corrected chi connectivity index (χ1v) is 5.09. The first kappa shape index (κ1) is 11.7. The highest BCUT2D eigenvalue weighted by Gasteiger charge is 2.42. The van der Waals surface area contributed by atoms with E-state index in [0.29, 0.717) is 13.0 Å². The van der Waals surface area contributed by atoms with Gasteiger partial charge in [0.05, 0.1) is 18.3 Å². The molecule has 0 aromatic carbocycles. The van der Waals surface area contributed by atoms with E-state index in [9.17, 15) is 0 Å². The van der Waals surface area contributed by atoms with E-state index in [1.54, 1.807) is 7.11 Å². The third kappa shape index (κ3) is 2.34. The van der Waals surface area contributed by atoms with Crippen molar-refractivity contribution >= 4 is 6.21 Å². The van der Waals surface area contributed by atoms with E-state index in [1.165, 1.54) is 6.21 Å². The van der Waals surface area contributed by atoms with Crippen LogP contribution in [0.25, 0.3) is 0 Å². The Hall–Kier alpha value is -0.410. The monoisotopic (exact) mass is 199 g/mol. The predicted molar refractivity (Wildman–Crippen MR) is 57.0 cm³/mol. The minimum Gasteiger partial charge on any atom is -0.381 e. The fraction of sp³-hybridized carbons (Fsp3) is 0.909. The van der Waals surface area contributed by atoms with Crippen LogP contribution in [0.3, 0.4) is 0 Å². The van der Waals surface area contributed by atoms with Gasteiger partial charge in [-0.2, -0.15) is 0 Å². The van der Waals surface area contributed by atoms with E-state index in [1.807, 2.05) is 0 Å². The topological polar surface area (TPSA) is 42.3 Å². The van der Waals surface area contributed by atoms with Gasteiger partial charge in [0.1, 0.15) is 0 Å². The second kappa shape index (κ2) is 3.99. The van der Waals surface area contributed by atoms with Crippen LogP contribution in [0.4, 0.5) is 0 Å². The quantitative estimate of drug-likeness (QED) is 0.708. The van der Waals surface area contributed by atoms with E-state index in [-0.39, 0.29) is 17.1 Å². The van der Waals surface area contributed by atoms with Gasteiger partial charge in [0, 0.05) is 25.4 Å². The second-order valence-corrected chi connectivity index (χ2v) is 5.06. The number of ether oxygens (including phenoxy) is 2. The Morgan fingerprint density at radius 1 is 1.50 bits per heavy atom. The summed E-state index contributed by atoms with van der Waals surface area (Å²) >= 11 is 0. The molecule has 0 aromatic heterocycles. The van der Waals surface area contributed by atoms with Crippen LogP contribution >= 0.6 is 0 Å². The van der Waals surface area contributed by atoms with Gasteiger partial charge < -0.3 is 14.9 Å². The molecule has 14 heavy (non-hydrogen) atoms. The second-order valence-electron chi connectivity index (χ2n) is 5.06. The molecule has 0 saturated carbocycles. The molecule has 1 saturated heterocycles. The van der Waals surface area contributed by atoms with Gasteiger partial charge in [-0.3, -0.25) is 0 Å². The zero-order chi connectivity index (χ0) is 10.8. The van der Waals surface area contributed by atoms with Crippen molar-refractivity contribution in [3.63, 3.8) is 0 Å². The molecule has 2 atom stereocenters. The van der Waals surface area contributed by atoms with Crippen LogP contribution in [0, 0.1) is 10.8 Å². The standard InChI is InChI=1S/C11H21NO2/c1-10(2)8-14-11(3,5-6-12)7-9(10)13-4/h6,9,12H,5,7-8H2,1-4H3. The maximum absolute atomic E-state index is 7.14. The summed E-state index contributed by atoms with van der Waals surface area (Å²) in [6, 6.07) is 0. The van der Waals surface area contributed by atoms with Gasteiger partial charge in [-0.25, -0.2) is 0 Å². The molecule has 0 radical (unpaired) electrons. The molecule has 2 unspecified atom stereocenters. The average molecular weight is 199 g/mol. The summed E-state index contributed by atoms with van der Waals surface area (Å²) in [5.74, 6) is 0. The molecule has 1 aliphatic rings. The average Bonchev–Trinajstić information content (AvgIpc) is 2.11. The number of methoxy groups -OCH3 is 1. The van der Waals surface area contributed by atoms with Crippen molar-refractivity contribution in [3.05, 3.63) is 0 Å². The number of rotatable bonds is 3. The normalized spacial score (nSPS) is 36.7. The summed E-state index contributed by atoms with van der Waals surface area (Å²) in [7, 11) is 1.75. The van der Waals surface area contributed by atoms with Crippen molar-refractivity contribution in [2.45, 2.75) is 45.3 Å². The maximum Gasteiger partial charge on any atom is 0.0728 e. The summed E-state index contributed by atoms with van der Waals surface area (Å²) in [4.78, 5) is 0. The highest BCUT2D eigenvalue weighted by atomic mass is 16.5. The van der Waals surface area contributed by atoms with Gasteiger partial charge in [0.15, 0.2) is 0 Å². The molecule has 3 heteroatoms. The molecule has 0 bridgehead atoms. The van der Waals surface area contributed by atoms with Gasteiger partial charge in [-0.15, -0.1) is 0 Å². The smallest absolute Gasteiger partial charge is 0.0728 e. The SMILES string of the molecule is COC1CC(C)(CC=N)OCC1(C)C. The van der Waals surface area contributed by atoms with Crippen molar-refractivity contribution in [2.75, 3.05) is 13.7 Å². The summed E-state index contributed by atoms with van der Waals surface area (Å²) in [5.41, 5.74) is -0.131. The predicted octanol–water partition coefficient (Wildman–Crippen LogP) is 2.25. The van der Waals surface area contributed by atoms with Gasteiger partial charge in [0.2, 0.25) is 0 Å². The largest absolute Gasteiger partial charge is 0.381 e. The van der Waals surface area contributed by atoms with E-state index in [4.69, 9.17) is 14.9 Å². The van der Waals surface area contributed by atoms with Gasteiger partial charge >= 0.3 is 0 Å². The van der Waals surface area contributed by atoms with Crippen LogP contribution < -0.4 is 0 Å². The zero-order valence-electron chi connectivity index (χ0n) is 9.59. The van der Waals surface area contributed by atoms with Crippen LogP contribution in [0.1, 0.15) is 33.6 Å². The van der Waals surface area contributed by atoms with Crippen LogP contribution in [0.15, 0.2) is 0 Å². The van der Waals surface area contributed by atoms with Crippen molar-refractivity contribution in [3.8, 4) is 0 Å². The molecule has 1 fully saturated rings. The molecule has 1 aliphatic heterocycles. The highest BCUT2D eigenvalue weighted by molar-refractivity contribution is 5.54. The summed E-state index contributed by atoms with van der Waals surface area (Å²) in [5, 5.41) is 7.14. The van der Waals surface area contributed by atoms with E-state index >= 15 is 0 Å². The Morgan fingerprint density at radius 3 is 2.64 bits per heavy atom. The molecule has 1 N–H and O–H groups in total. The lowest BCUT2D eigenvalue weighted by Gasteiger charge is -2.46. The lowest BCUT2D eigenvalue weighted by molar-refractivity contribution is -0.173. The Kier molecular flexibility index (Phi) is 3.32. The lowest BCUT2D eigenvalue weighted by atomic mass is 9.77. The van der Waals surface area contributed by atoms with Crippen molar-refractivity contribution < 1.29 is 9.47 Å². The summed E-state index contributed by atoms with van der Waals surface area (Å²) in [6.45, 7) is 7.07. The molecular formula is C11H21NO2. The third-order valence-electron chi connectivity index (χ3n) is 3.10. The first-order chi connectivity index (χ1) is 6.43. The Balaban J connectivity index is 2.69. The van der Waals surface area contributed by atoms with E-state index in [0.717, 1.165) is 6.42 Å². The van der Waals surface area contributed by atoms with Crippen molar-refractivity contribution in [1.82, 2.24) is 0 Å². The van der Waals surface area contributed by atoms with E-state index < -0.39 is 0 Å². The molecule has 3 nitrogen and oxygen atoms in total. The van der Waals surface area contributed by atoms with Gasteiger partial charge in [-0.1, -0.05) is 13.8 Å². The molecule has 0 aromatic rings. The van der Waals surface area contributed by atoms with Crippen molar-refractivity contribution in [2.24, 2.45) is 5.41 Å².